The highest BCUT2D eigenvalue weighted by Gasteiger charge is 2.19. The number of carbonyl (C=O) groups excluding carboxylic acids is 1. The molecule has 67 valence electrons. The highest BCUT2D eigenvalue weighted by Crippen LogP contribution is 2.28. The van der Waals surface area contributed by atoms with Crippen LogP contribution in [0.1, 0.15) is 39.0 Å². The van der Waals surface area contributed by atoms with Gasteiger partial charge in [0.25, 0.3) is 0 Å². The van der Waals surface area contributed by atoms with Crippen molar-refractivity contribution < 1.29 is 4.79 Å². The van der Waals surface area contributed by atoms with E-state index in [2.05, 4.69) is 18.3 Å². The van der Waals surface area contributed by atoms with Crippen LogP contribution in [0, 0.1) is 12.3 Å². The van der Waals surface area contributed by atoms with Gasteiger partial charge in [0.15, 0.2) is 0 Å². The van der Waals surface area contributed by atoms with E-state index in [1.807, 2.05) is 0 Å². The van der Waals surface area contributed by atoms with Gasteiger partial charge in [0.2, 0.25) is 6.08 Å². The average Bonchev–Trinajstić information content (AvgIpc) is 2.09. The molecule has 1 rings (SSSR count). The van der Waals surface area contributed by atoms with Crippen molar-refractivity contribution in [2.45, 2.75) is 45.1 Å². The van der Waals surface area contributed by atoms with Crippen LogP contribution in [-0.2, 0) is 4.79 Å². The van der Waals surface area contributed by atoms with E-state index in [-0.39, 0.29) is 6.04 Å². The van der Waals surface area contributed by atoms with Gasteiger partial charge in [-0.3, -0.25) is 0 Å². The third kappa shape index (κ3) is 2.78. The van der Waals surface area contributed by atoms with Crippen molar-refractivity contribution in [1.82, 2.24) is 0 Å². The third-order valence-corrected chi connectivity index (χ3v) is 2.55. The molecule has 0 atom stereocenters. The predicted molar refractivity (Wildman–Crippen MR) is 48.5 cm³/mol. The zero-order valence-electron chi connectivity index (χ0n) is 7.62. The van der Waals surface area contributed by atoms with E-state index in [4.69, 9.17) is 0 Å². The quantitative estimate of drug-likeness (QED) is 0.468. The van der Waals surface area contributed by atoms with Crippen LogP contribution < -0.4 is 0 Å². The Kier molecular flexibility index (Phi) is 4.02. The third-order valence-electron chi connectivity index (χ3n) is 2.55. The van der Waals surface area contributed by atoms with Crippen molar-refractivity contribution in [3.8, 4) is 0 Å². The van der Waals surface area contributed by atoms with Gasteiger partial charge in [-0.2, -0.15) is 0 Å². The Balaban J connectivity index is 2.24. The van der Waals surface area contributed by atoms with Crippen LogP contribution in [0.15, 0.2) is 4.99 Å². The SMILES string of the molecule is CC[CH]C1CCC(N=C=O)CC1. The number of hydrogen-bond donors (Lipinski definition) is 0. The number of hydrogen-bond acceptors (Lipinski definition) is 2. The molecule has 1 radical (unpaired) electrons. The highest BCUT2D eigenvalue weighted by atomic mass is 16.1. The van der Waals surface area contributed by atoms with Gasteiger partial charge in [0, 0.05) is 0 Å². The lowest BCUT2D eigenvalue weighted by atomic mass is 9.84. The second-order valence-electron chi connectivity index (χ2n) is 3.43. The summed E-state index contributed by atoms with van der Waals surface area (Å²) < 4.78 is 0. The van der Waals surface area contributed by atoms with Gasteiger partial charge < -0.3 is 0 Å². The second-order valence-corrected chi connectivity index (χ2v) is 3.43. The van der Waals surface area contributed by atoms with Gasteiger partial charge in [-0.05, 0) is 38.0 Å². The summed E-state index contributed by atoms with van der Waals surface area (Å²) in [6.07, 6.45) is 9.71. The Morgan fingerprint density at radius 2 is 2.08 bits per heavy atom. The first-order valence-electron chi connectivity index (χ1n) is 4.77. The Labute approximate surface area is 74.1 Å². The summed E-state index contributed by atoms with van der Waals surface area (Å²) in [5.41, 5.74) is 0. The van der Waals surface area contributed by atoms with E-state index >= 15 is 0 Å². The average molecular weight is 166 g/mol. The monoisotopic (exact) mass is 166 g/mol. The van der Waals surface area contributed by atoms with E-state index < -0.39 is 0 Å². The first-order valence-corrected chi connectivity index (χ1v) is 4.77. The number of aliphatic imine (C=N–C) groups is 1. The molecule has 1 aliphatic carbocycles. The van der Waals surface area contributed by atoms with Crippen molar-refractivity contribution in [2.24, 2.45) is 10.9 Å². The molecule has 0 aliphatic heterocycles. The van der Waals surface area contributed by atoms with E-state index in [0.717, 1.165) is 25.2 Å². The van der Waals surface area contributed by atoms with Gasteiger partial charge in [-0.25, -0.2) is 9.79 Å². The largest absolute Gasteiger partial charge is 0.235 e. The minimum Gasteiger partial charge on any atom is -0.211 e. The second kappa shape index (κ2) is 5.10. The summed E-state index contributed by atoms with van der Waals surface area (Å²) in [7, 11) is 0. The molecule has 0 N–H and O–H groups in total. The summed E-state index contributed by atoms with van der Waals surface area (Å²) in [5.74, 6) is 0.771. The van der Waals surface area contributed by atoms with Crippen LogP contribution in [-0.4, -0.2) is 12.1 Å². The summed E-state index contributed by atoms with van der Waals surface area (Å²) in [6, 6.07) is 0.268. The molecule has 0 spiro atoms. The normalized spacial score (nSPS) is 29.4. The first-order chi connectivity index (χ1) is 5.86. The van der Waals surface area contributed by atoms with Gasteiger partial charge in [0.05, 0.1) is 6.04 Å². The molecular formula is C10H16NO. The molecule has 0 aromatic heterocycles. The minimum absolute atomic E-state index is 0.268. The fourth-order valence-corrected chi connectivity index (χ4v) is 1.87. The maximum absolute atomic E-state index is 9.98. The summed E-state index contributed by atoms with van der Waals surface area (Å²) in [4.78, 5) is 13.7. The van der Waals surface area contributed by atoms with E-state index in [9.17, 15) is 4.79 Å². The van der Waals surface area contributed by atoms with Crippen molar-refractivity contribution in [2.75, 3.05) is 0 Å². The molecular weight excluding hydrogens is 150 g/mol. The van der Waals surface area contributed by atoms with Gasteiger partial charge >= 0.3 is 0 Å². The Morgan fingerprint density at radius 3 is 2.58 bits per heavy atom. The zero-order valence-corrected chi connectivity index (χ0v) is 7.62. The molecule has 1 saturated carbocycles. The molecule has 0 bridgehead atoms. The lowest BCUT2D eigenvalue weighted by Gasteiger charge is -2.24. The van der Waals surface area contributed by atoms with E-state index in [1.54, 1.807) is 6.08 Å². The maximum Gasteiger partial charge on any atom is 0.235 e. The predicted octanol–water partition coefficient (Wildman–Crippen LogP) is 2.50. The highest BCUT2D eigenvalue weighted by molar-refractivity contribution is 5.33. The van der Waals surface area contributed by atoms with Crippen molar-refractivity contribution >= 4 is 6.08 Å². The Hall–Kier alpha value is -0.620. The van der Waals surface area contributed by atoms with Crippen molar-refractivity contribution in [3.05, 3.63) is 6.42 Å². The smallest absolute Gasteiger partial charge is 0.211 e. The first kappa shape index (κ1) is 9.47. The van der Waals surface area contributed by atoms with Crippen LogP contribution in [0.5, 0.6) is 0 Å². The molecule has 12 heavy (non-hydrogen) atoms. The zero-order chi connectivity index (χ0) is 8.81. The molecule has 1 aliphatic rings. The number of rotatable bonds is 3. The van der Waals surface area contributed by atoms with Gasteiger partial charge in [0.1, 0.15) is 0 Å². The Bertz CT molecular complexity index is 165. The van der Waals surface area contributed by atoms with Crippen molar-refractivity contribution in [1.29, 1.82) is 0 Å². The topological polar surface area (TPSA) is 29.4 Å². The summed E-state index contributed by atoms with van der Waals surface area (Å²) in [5, 5.41) is 0. The fraction of sp³-hybridized carbons (Fsp3) is 0.800. The standard InChI is InChI=1S/C10H16NO/c1-2-3-9-4-6-10(7-5-9)11-8-12/h3,9-10H,2,4-7H2,1H3. The van der Waals surface area contributed by atoms with Crippen LogP contribution in [0.4, 0.5) is 0 Å². The molecule has 0 amide bonds. The van der Waals surface area contributed by atoms with Crippen LogP contribution in [0.2, 0.25) is 0 Å². The molecule has 0 aromatic carbocycles. The van der Waals surface area contributed by atoms with Crippen molar-refractivity contribution in [3.63, 3.8) is 0 Å². The summed E-state index contributed by atoms with van der Waals surface area (Å²) in [6.45, 7) is 2.18. The molecule has 1 fully saturated rings. The minimum atomic E-state index is 0.268. The van der Waals surface area contributed by atoms with Crippen LogP contribution >= 0.6 is 0 Å². The number of nitrogens with zero attached hydrogens (tertiary/aromatic N) is 1. The molecule has 0 heterocycles. The molecule has 0 unspecified atom stereocenters. The lowest BCUT2D eigenvalue weighted by molar-refractivity contribution is 0.355. The molecule has 2 nitrogen and oxygen atoms in total. The van der Waals surface area contributed by atoms with E-state index in [1.165, 1.54) is 12.8 Å². The molecule has 2 heteroatoms. The van der Waals surface area contributed by atoms with Gasteiger partial charge in [-0.1, -0.05) is 13.3 Å². The number of isocyanates is 1. The summed E-state index contributed by atoms with van der Waals surface area (Å²) >= 11 is 0. The van der Waals surface area contributed by atoms with Crippen LogP contribution in [0.25, 0.3) is 0 Å². The Morgan fingerprint density at radius 1 is 1.42 bits per heavy atom. The van der Waals surface area contributed by atoms with Gasteiger partial charge in [-0.15, -0.1) is 0 Å². The van der Waals surface area contributed by atoms with E-state index in [0.29, 0.717) is 0 Å². The van der Waals surface area contributed by atoms with Crippen LogP contribution in [0.3, 0.4) is 0 Å². The fourth-order valence-electron chi connectivity index (χ4n) is 1.87. The molecule has 0 saturated heterocycles. The molecule has 0 aromatic rings. The maximum atomic E-state index is 9.98. The lowest BCUT2D eigenvalue weighted by Crippen LogP contribution is -2.17.